The number of fused-ring (bicyclic) bond motifs is 2. The minimum absolute atomic E-state index is 0.223. The van der Waals surface area contributed by atoms with E-state index in [4.69, 9.17) is 14.6 Å². The summed E-state index contributed by atoms with van der Waals surface area (Å²) in [7, 11) is 0. The summed E-state index contributed by atoms with van der Waals surface area (Å²) in [5.41, 5.74) is 0. The number of esters is 1. The minimum Gasteiger partial charge on any atom is -0.457 e. The van der Waals surface area contributed by atoms with Gasteiger partial charge in [-0.15, -0.1) is 0 Å². The van der Waals surface area contributed by atoms with E-state index in [0.717, 1.165) is 0 Å². The van der Waals surface area contributed by atoms with E-state index in [0.29, 0.717) is 6.42 Å². The highest BCUT2D eigenvalue weighted by molar-refractivity contribution is 5.77. The summed E-state index contributed by atoms with van der Waals surface area (Å²) in [5, 5.41) is 9.11. The van der Waals surface area contributed by atoms with Crippen molar-refractivity contribution in [2.45, 2.75) is 24.7 Å². The lowest BCUT2D eigenvalue weighted by atomic mass is 10.1. The van der Waals surface area contributed by atoms with Gasteiger partial charge < -0.3 is 14.6 Å². The molecule has 3 unspecified atom stereocenters. The highest BCUT2D eigenvalue weighted by Crippen LogP contribution is 2.25. The van der Waals surface area contributed by atoms with Crippen LogP contribution in [0.2, 0.25) is 0 Å². The fraction of sp³-hybridized carbons (Fsp3) is 0.833. The van der Waals surface area contributed by atoms with Crippen molar-refractivity contribution >= 4 is 5.97 Å². The molecule has 2 bridgehead atoms. The molecule has 10 heavy (non-hydrogen) atoms. The average Bonchev–Trinajstić information content (AvgIpc) is 2.21. The van der Waals surface area contributed by atoms with Gasteiger partial charge in [0.25, 0.3) is 0 Å². The zero-order valence-corrected chi connectivity index (χ0v) is 5.32. The van der Waals surface area contributed by atoms with Gasteiger partial charge in [0.1, 0.15) is 12.2 Å². The number of aliphatic hydroxyl groups is 1. The predicted octanol–water partition coefficient (Wildman–Crippen LogP) is -0.938. The Morgan fingerprint density at radius 1 is 1.60 bits per heavy atom. The van der Waals surface area contributed by atoms with Crippen LogP contribution in [0.5, 0.6) is 0 Å². The number of ether oxygens (including phenoxy) is 2. The smallest absolute Gasteiger partial charge is 0.335 e. The van der Waals surface area contributed by atoms with E-state index < -0.39 is 12.2 Å². The number of rotatable bonds is 0. The maximum Gasteiger partial charge on any atom is 0.335 e. The molecular formula is C6H8O4. The first kappa shape index (κ1) is 6.12. The lowest BCUT2D eigenvalue weighted by Crippen LogP contribution is -2.35. The van der Waals surface area contributed by atoms with Crippen molar-refractivity contribution in [3.8, 4) is 0 Å². The molecule has 0 amide bonds. The maximum atomic E-state index is 10.7. The first-order valence-electron chi connectivity index (χ1n) is 3.27. The highest BCUT2D eigenvalue weighted by Gasteiger charge is 2.43. The summed E-state index contributed by atoms with van der Waals surface area (Å²) < 4.78 is 9.75. The van der Waals surface area contributed by atoms with Crippen molar-refractivity contribution in [2.75, 3.05) is 6.61 Å². The summed E-state index contributed by atoms with van der Waals surface area (Å²) in [6.07, 6.45) is -0.831. The second-order valence-corrected chi connectivity index (χ2v) is 2.60. The summed E-state index contributed by atoms with van der Waals surface area (Å²) >= 11 is 0. The van der Waals surface area contributed by atoms with Crippen LogP contribution in [0.15, 0.2) is 0 Å². The Morgan fingerprint density at radius 2 is 2.40 bits per heavy atom. The van der Waals surface area contributed by atoms with Crippen LogP contribution in [0.25, 0.3) is 0 Å². The number of carbonyl (C=O) groups is 1. The summed E-state index contributed by atoms with van der Waals surface area (Å²) in [5.74, 6) is -0.332. The molecule has 0 aromatic heterocycles. The number of hydrogen-bond acceptors (Lipinski definition) is 4. The van der Waals surface area contributed by atoms with Crippen molar-refractivity contribution < 1.29 is 19.4 Å². The Hall–Kier alpha value is -0.610. The third kappa shape index (κ3) is 0.726. The molecule has 0 radical (unpaired) electrons. The summed E-state index contributed by atoms with van der Waals surface area (Å²) in [6.45, 7) is 0.223. The lowest BCUT2D eigenvalue weighted by Gasteiger charge is -2.20. The molecule has 2 heterocycles. The van der Waals surface area contributed by atoms with E-state index >= 15 is 0 Å². The van der Waals surface area contributed by atoms with Gasteiger partial charge in [0.2, 0.25) is 0 Å². The maximum absolute atomic E-state index is 10.7. The second kappa shape index (κ2) is 1.93. The molecule has 0 aromatic carbocycles. The minimum atomic E-state index is -0.623. The van der Waals surface area contributed by atoms with Gasteiger partial charge in [0, 0.05) is 6.42 Å². The van der Waals surface area contributed by atoms with Crippen LogP contribution in [-0.2, 0) is 14.3 Å². The zero-order chi connectivity index (χ0) is 7.14. The van der Waals surface area contributed by atoms with Crippen LogP contribution in [0.3, 0.4) is 0 Å². The lowest BCUT2D eigenvalue weighted by molar-refractivity contribution is -0.146. The van der Waals surface area contributed by atoms with Crippen molar-refractivity contribution in [1.29, 1.82) is 0 Å². The van der Waals surface area contributed by atoms with Gasteiger partial charge in [-0.3, -0.25) is 0 Å². The van der Waals surface area contributed by atoms with Crippen LogP contribution < -0.4 is 0 Å². The van der Waals surface area contributed by atoms with Crippen LogP contribution >= 0.6 is 0 Å². The Kier molecular flexibility index (Phi) is 1.18. The van der Waals surface area contributed by atoms with Crippen LogP contribution in [0.1, 0.15) is 6.42 Å². The molecule has 2 rings (SSSR count). The summed E-state index contributed by atoms with van der Waals surface area (Å²) in [4.78, 5) is 10.7. The predicted molar refractivity (Wildman–Crippen MR) is 30.2 cm³/mol. The number of aliphatic hydroxyl groups excluding tert-OH is 1. The Bertz CT molecular complexity index is 167. The molecule has 0 spiro atoms. The Morgan fingerprint density at radius 3 is 3.10 bits per heavy atom. The molecule has 0 aromatic rings. The van der Waals surface area contributed by atoms with Gasteiger partial charge in [-0.25, -0.2) is 4.79 Å². The number of carbonyl (C=O) groups excluding carboxylic acids is 1. The largest absolute Gasteiger partial charge is 0.457 e. The molecule has 56 valence electrons. The molecule has 4 nitrogen and oxygen atoms in total. The van der Waals surface area contributed by atoms with Crippen molar-refractivity contribution in [1.82, 2.24) is 0 Å². The average molecular weight is 144 g/mol. The van der Waals surface area contributed by atoms with Gasteiger partial charge in [-0.05, 0) is 0 Å². The SMILES string of the molecule is O=C1OC2CC1OCC2O. The van der Waals surface area contributed by atoms with Gasteiger partial charge in [-0.2, -0.15) is 0 Å². The van der Waals surface area contributed by atoms with Crippen molar-refractivity contribution in [3.05, 3.63) is 0 Å². The van der Waals surface area contributed by atoms with E-state index in [1.54, 1.807) is 0 Å². The van der Waals surface area contributed by atoms with Crippen molar-refractivity contribution in [2.24, 2.45) is 0 Å². The molecule has 0 aliphatic carbocycles. The Labute approximate surface area is 57.7 Å². The van der Waals surface area contributed by atoms with E-state index in [2.05, 4.69) is 0 Å². The monoisotopic (exact) mass is 144 g/mol. The van der Waals surface area contributed by atoms with E-state index in [-0.39, 0.29) is 18.7 Å². The quantitative estimate of drug-likeness (QED) is 0.446. The Balaban J connectivity index is 2.15. The normalized spacial score (nSPS) is 45.3. The fourth-order valence-corrected chi connectivity index (χ4v) is 1.27. The molecule has 2 aliphatic heterocycles. The van der Waals surface area contributed by atoms with Crippen LogP contribution in [0, 0.1) is 0 Å². The van der Waals surface area contributed by atoms with Crippen LogP contribution in [0.4, 0.5) is 0 Å². The third-order valence-electron chi connectivity index (χ3n) is 1.87. The highest BCUT2D eigenvalue weighted by atomic mass is 16.6. The van der Waals surface area contributed by atoms with Gasteiger partial charge in [-0.1, -0.05) is 0 Å². The fourth-order valence-electron chi connectivity index (χ4n) is 1.27. The van der Waals surface area contributed by atoms with Crippen LogP contribution in [-0.4, -0.2) is 36.0 Å². The van der Waals surface area contributed by atoms with Gasteiger partial charge >= 0.3 is 5.97 Å². The van der Waals surface area contributed by atoms with Crippen molar-refractivity contribution in [3.63, 3.8) is 0 Å². The molecule has 1 N–H and O–H groups in total. The molecule has 4 heteroatoms. The zero-order valence-electron chi connectivity index (χ0n) is 5.32. The second-order valence-electron chi connectivity index (χ2n) is 2.60. The van der Waals surface area contributed by atoms with E-state index in [9.17, 15) is 4.79 Å². The van der Waals surface area contributed by atoms with E-state index in [1.807, 2.05) is 0 Å². The molecule has 2 saturated heterocycles. The standard InChI is InChI=1S/C6H8O4/c7-3-2-9-5-1-4(3)10-6(5)8/h3-5,7H,1-2H2. The number of hydrogen-bond donors (Lipinski definition) is 1. The molecule has 2 aliphatic rings. The topological polar surface area (TPSA) is 55.8 Å². The first-order chi connectivity index (χ1) is 4.77. The van der Waals surface area contributed by atoms with E-state index in [1.165, 1.54) is 0 Å². The summed E-state index contributed by atoms with van der Waals surface area (Å²) in [6, 6.07) is 0. The molecule has 2 fully saturated rings. The van der Waals surface area contributed by atoms with Gasteiger partial charge in [0.05, 0.1) is 6.61 Å². The molecular weight excluding hydrogens is 136 g/mol. The first-order valence-corrected chi connectivity index (χ1v) is 3.27. The van der Waals surface area contributed by atoms with Gasteiger partial charge in [0.15, 0.2) is 6.10 Å². The molecule has 3 atom stereocenters. The third-order valence-corrected chi connectivity index (χ3v) is 1.87. The molecule has 0 saturated carbocycles.